The number of benzene rings is 2. The standard InChI is InChI=1S/C28H29NO4/c1-17(28(30)31)27(21-8-9-21)23-10-7-20-11-12-24(33-25(20)15-23)19-5-3-18(4-6-19)22-13-14-29-26(16-22)32-2/h3-7,10,13-17,21,24,27H,8-9,11-12H2,1-2H3,(H,30,31)/p-1/t17-,24?,27-/m0/s1. The van der Waals surface area contributed by atoms with Crippen LogP contribution in [0.25, 0.3) is 11.1 Å². The lowest BCUT2D eigenvalue weighted by Crippen LogP contribution is -2.34. The molecule has 2 aromatic carbocycles. The van der Waals surface area contributed by atoms with Gasteiger partial charge in [-0.15, -0.1) is 0 Å². The van der Waals surface area contributed by atoms with E-state index in [0.29, 0.717) is 11.8 Å². The highest BCUT2D eigenvalue weighted by molar-refractivity contribution is 5.69. The van der Waals surface area contributed by atoms with Gasteiger partial charge in [0.1, 0.15) is 11.9 Å². The second kappa shape index (κ2) is 8.89. The summed E-state index contributed by atoms with van der Waals surface area (Å²) in [5.74, 6) is 0.403. The number of carboxylic acid groups (broad SMARTS) is 1. The van der Waals surface area contributed by atoms with Crippen LogP contribution in [-0.4, -0.2) is 18.1 Å². The Morgan fingerprint density at radius 2 is 1.85 bits per heavy atom. The van der Waals surface area contributed by atoms with Gasteiger partial charge in [0.15, 0.2) is 0 Å². The molecule has 0 saturated heterocycles. The Balaban J connectivity index is 1.36. The molecule has 5 nitrogen and oxygen atoms in total. The molecule has 5 heteroatoms. The van der Waals surface area contributed by atoms with E-state index in [9.17, 15) is 9.90 Å². The average Bonchev–Trinajstić information content (AvgIpc) is 3.69. The number of fused-ring (bicyclic) bond motifs is 1. The van der Waals surface area contributed by atoms with Gasteiger partial charge in [0, 0.05) is 24.2 Å². The molecule has 170 valence electrons. The number of carbonyl (C=O) groups is 1. The first kappa shape index (κ1) is 21.5. The minimum absolute atomic E-state index is 0.0130. The molecule has 1 saturated carbocycles. The van der Waals surface area contributed by atoms with Gasteiger partial charge in [-0.1, -0.05) is 43.3 Å². The Labute approximate surface area is 194 Å². The molecule has 2 heterocycles. The summed E-state index contributed by atoms with van der Waals surface area (Å²) >= 11 is 0. The van der Waals surface area contributed by atoms with Crippen LogP contribution in [0.5, 0.6) is 11.6 Å². The van der Waals surface area contributed by atoms with E-state index in [0.717, 1.165) is 53.7 Å². The van der Waals surface area contributed by atoms with E-state index in [1.54, 1.807) is 20.2 Å². The molecule has 1 fully saturated rings. The molecule has 0 amide bonds. The number of pyridine rings is 1. The van der Waals surface area contributed by atoms with Gasteiger partial charge in [-0.2, -0.15) is 0 Å². The first-order valence-corrected chi connectivity index (χ1v) is 11.6. The summed E-state index contributed by atoms with van der Waals surface area (Å²) in [4.78, 5) is 15.8. The summed E-state index contributed by atoms with van der Waals surface area (Å²) in [5.41, 5.74) is 5.53. The fourth-order valence-electron chi connectivity index (χ4n) is 4.99. The van der Waals surface area contributed by atoms with Gasteiger partial charge in [0.05, 0.1) is 7.11 Å². The highest BCUT2D eigenvalue weighted by Crippen LogP contribution is 2.48. The van der Waals surface area contributed by atoms with Crippen LogP contribution in [0.4, 0.5) is 0 Å². The minimum atomic E-state index is -0.977. The average molecular weight is 443 g/mol. The van der Waals surface area contributed by atoms with Crippen LogP contribution < -0.4 is 14.6 Å². The van der Waals surface area contributed by atoms with E-state index in [4.69, 9.17) is 9.47 Å². The molecule has 1 aliphatic heterocycles. The predicted molar refractivity (Wildman–Crippen MR) is 124 cm³/mol. The van der Waals surface area contributed by atoms with E-state index in [-0.39, 0.29) is 12.0 Å². The lowest BCUT2D eigenvalue weighted by Gasteiger charge is -2.30. The first-order chi connectivity index (χ1) is 16.0. The number of aliphatic carboxylic acids is 1. The number of carboxylic acids is 1. The van der Waals surface area contributed by atoms with Gasteiger partial charge in [0.2, 0.25) is 5.88 Å². The van der Waals surface area contributed by atoms with Crippen LogP contribution in [0, 0.1) is 11.8 Å². The van der Waals surface area contributed by atoms with Crippen LogP contribution in [0.2, 0.25) is 0 Å². The summed E-state index contributed by atoms with van der Waals surface area (Å²) in [6.07, 6.45) is 5.74. The fourth-order valence-corrected chi connectivity index (χ4v) is 4.99. The van der Waals surface area contributed by atoms with Crippen LogP contribution in [-0.2, 0) is 11.2 Å². The number of rotatable bonds is 7. The van der Waals surface area contributed by atoms with E-state index in [1.165, 1.54) is 5.56 Å². The number of aromatic nitrogens is 1. The molecule has 3 aromatic rings. The molecular formula is C28H28NO4-. The van der Waals surface area contributed by atoms with E-state index in [2.05, 4.69) is 47.4 Å². The quantitative estimate of drug-likeness (QED) is 0.530. The normalized spacial score (nSPS) is 19.2. The monoisotopic (exact) mass is 442 g/mol. The lowest BCUT2D eigenvalue weighted by molar-refractivity contribution is -0.311. The van der Waals surface area contributed by atoms with Crippen molar-refractivity contribution in [2.75, 3.05) is 7.11 Å². The second-order valence-electron chi connectivity index (χ2n) is 9.19. The maximum Gasteiger partial charge on any atom is 0.213 e. The van der Waals surface area contributed by atoms with Crippen LogP contribution >= 0.6 is 0 Å². The summed E-state index contributed by atoms with van der Waals surface area (Å²) in [7, 11) is 1.62. The Morgan fingerprint density at radius 1 is 1.06 bits per heavy atom. The fraction of sp³-hybridized carbons (Fsp3) is 0.357. The van der Waals surface area contributed by atoms with Crippen molar-refractivity contribution in [3.8, 4) is 22.8 Å². The van der Waals surface area contributed by atoms with Gasteiger partial charge in [-0.3, -0.25) is 0 Å². The summed E-state index contributed by atoms with van der Waals surface area (Å²) < 4.78 is 11.7. The second-order valence-corrected chi connectivity index (χ2v) is 9.19. The molecule has 0 bridgehead atoms. The third-order valence-electron chi connectivity index (χ3n) is 7.02. The summed E-state index contributed by atoms with van der Waals surface area (Å²) in [5, 5.41) is 11.6. The largest absolute Gasteiger partial charge is 0.550 e. The Bertz CT molecular complexity index is 1150. The van der Waals surface area contributed by atoms with Gasteiger partial charge in [-0.25, -0.2) is 4.98 Å². The smallest absolute Gasteiger partial charge is 0.213 e. The number of methoxy groups -OCH3 is 1. The van der Waals surface area contributed by atoms with Crippen molar-refractivity contribution in [3.63, 3.8) is 0 Å². The predicted octanol–water partition coefficient (Wildman–Crippen LogP) is 4.70. The summed E-state index contributed by atoms with van der Waals surface area (Å²) in [6.45, 7) is 1.77. The Kier molecular flexibility index (Phi) is 5.79. The topological polar surface area (TPSA) is 71.5 Å². The maximum atomic E-state index is 11.6. The first-order valence-electron chi connectivity index (χ1n) is 11.6. The van der Waals surface area contributed by atoms with Crippen molar-refractivity contribution in [2.45, 2.75) is 44.6 Å². The molecule has 33 heavy (non-hydrogen) atoms. The van der Waals surface area contributed by atoms with Gasteiger partial charge in [-0.05, 0) is 77.5 Å². The van der Waals surface area contributed by atoms with Gasteiger partial charge >= 0.3 is 0 Å². The summed E-state index contributed by atoms with van der Waals surface area (Å²) in [6, 6.07) is 18.6. The van der Waals surface area contributed by atoms with Crippen molar-refractivity contribution < 1.29 is 19.4 Å². The molecule has 3 atom stereocenters. The number of nitrogens with zero attached hydrogens (tertiary/aromatic N) is 1. The van der Waals surface area contributed by atoms with E-state index < -0.39 is 11.9 Å². The van der Waals surface area contributed by atoms with Gasteiger partial charge in [0.25, 0.3) is 0 Å². The maximum absolute atomic E-state index is 11.6. The third-order valence-corrected chi connectivity index (χ3v) is 7.02. The third kappa shape index (κ3) is 4.45. The van der Waals surface area contributed by atoms with Crippen LogP contribution in [0.1, 0.15) is 54.9 Å². The zero-order valence-corrected chi connectivity index (χ0v) is 19.0. The van der Waals surface area contributed by atoms with E-state index in [1.807, 2.05) is 12.1 Å². The number of ether oxygens (including phenoxy) is 2. The molecule has 0 spiro atoms. The minimum Gasteiger partial charge on any atom is -0.550 e. The Morgan fingerprint density at radius 3 is 2.55 bits per heavy atom. The molecular weight excluding hydrogens is 414 g/mol. The molecule has 0 N–H and O–H groups in total. The molecule has 5 rings (SSSR count). The number of aryl methyl sites for hydroxylation is 1. The Hall–Kier alpha value is -3.34. The van der Waals surface area contributed by atoms with Crippen molar-refractivity contribution in [3.05, 3.63) is 77.5 Å². The lowest BCUT2D eigenvalue weighted by atomic mass is 9.82. The number of hydrogen-bond acceptors (Lipinski definition) is 5. The number of carbonyl (C=O) groups excluding carboxylic acids is 1. The highest BCUT2D eigenvalue weighted by atomic mass is 16.5. The molecule has 1 aliphatic carbocycles. The zero-order chi connectivity index (χ0) is 22.9. The van der Waals surface area contributed by atoms with Crippen LogP contribution in [0.3, 0.4) is 0 Å². The molecule has 1 aromatic heterocycles. The zero-order valence-electron chi connectivity index (χ0n) is 19.0. The van der Waals surface area contributed by atoms with E-state index >= 15 is 0 Å². The molecule has 1 unspecified atom stereocenters. The SMILES string of the molecule is COc1cc(-c2ccc(C3CCc4ccc([C@H](C5CC5)[C@H](C)C(=O)[O-])cc4O3)cc2)ccn1. The van der Waals surface area contributed by atoms with Gasteiger partial charge < -0.3 is 19.4 Å². The van der Waals surface area contributed by atoms with Crippen molar-refractivity contribution in [2.24, 2.45) is 11.8 Å². The highest BCUT2D eigenvalue weighted by Gasteiger charge is 2.37. The number of hydrogen-bond donors (Lipinski definition) is 0. The molecule has 0 radical (unpaired) electrons. The van der Waals surface area contributed by atoms with Crippen molar-refractivity contribution >= 4 is 5.97 Å². The van der Waals surface area contributed by atoms with Crippen molar-refractivity contribution in [1.82, 2.24) is 4.98 Å². The van der Waals surface area contributed by atoms with Crippen molar-refractivity contribution in [1.29, 1.82) is 0 Å². The van der Waals surface area contributed by atoms with Crippen LogP contribution in [0.15, 0.2) is 60.8 Å². The molecule has 2 aliphatic rings.